The molecule has 0 unspecified atom stereocenters. The minimum absolute atomic E-state index is 0.0877. The molecule has 0 aliphatic carbocycles. The van der Waals surface area contributed by atoms with Crippen LogP contribution in [0.3, 0.4) is 0 Å². The number of hydrogen-bond donors (Lipinski definition) is 2. The molecule has 9 heteroatoms. The molecule has 0 bridgehead atoms. The van der Waals surface area contributed by atoms with Crippen LogP contribution in [0.15, 0.2) is 16.3 Å². The lowest BCUT2D eigenvalue weighted by atomic mass is 10.2. The van der Waals surface area contributed by atoms with Crippen molar-refractivity contribution >= 4 is 33.3 Å². The summed E-state index contributed by atoms with van der Waals surface area (Å²) in [5.74, 6) is -2.06. The zero-order valence-electron chi connectivity index (χ0n) is 10.2. The molecule has 0 spiro atoms. The number of carbonyl (C=O) groups is 2. The third-order valence-corrected chi connectivity index (χ3v) is 4.83. The van der Waals surface area contributed by atoms with E-state index in [-0.39, 0.29) is 16.2 Å². The molecule has 1 heterocycles. The molecule has 0 aromatic carbocycles. The number of methoxy groups -OCH3 is 1. The Bertz CT molecular complexity index is 577. The Balaban J connectivity index is 3.11. The van der Waals surface area contributed by atoms with Crippen molar-refractivity contribution in [2.24, 2.45) is 0 Å². The van der Waals surface area contributed by atoms with Gasteiger partial charge in [0.15, 0.2) is 0 Å². The number of carboxylic acid groups (broad SMARTS) is 1. The van der Waals surface area contributed by atoms with E-state index in [1.54, 1.807) is 0 Å². The first-order valence-corrected chi connectivity index (χ1v) is 7.60. The average molecular weight is 307 g/mol. The lowest BCUT2D eigenvalue weighted by Crippen LogP contribution is -2.40. The number of carbonyl (C=O) groups excluding carboxylic acids is 1. The third-order valence-electron chi connectivity index (χ3n) is 2.29. The Labute approximate surface area is 114 Å². The van der Waals surface area contributed by atoms with Gasteiger partial charge in [-0.3, -0.25) is 4.79 Å². The van der Waals surface area contributed by atoms with Crippen molar-refractivity contribution in [2.75, 3.05) is 7.11 Å². The minimum atomic E-state index is -4.08. The maximum Gasteiger partial charge on any atom is 0.349 e. The van der Waals surface area contributed by atoms with Gasteiger partial charge in [0, 0.05) is 0 Å². The second-order valence-corrected chi connectivity index (χ2v) is 6.12. The molecule has 0 radical (unpaired) electrons. The fourth-order valence-corrected chi connectivity index (χ4v) is 3.92. The number of aliphatic carboxylic acids is 1. The Kier molecular flexibility index (Phi) is 5.04. The molecule has 0 amide bonds. The number of ether oxygens (including phenoxy) is 1. The summed E-state index contributed by atoms with van der Waals surface area (Å²) < 4.78 is 30.6. The van der Waals surface area contributed by atoms with E-state index >= 15 is 0 Å². The number of sulfonamides is 1. The highest BCUT2D eigenvalue weighted by molar-refractivity contribution is 7.89. The smallest absolute Gasteiger partial charge is 0.349 e. The minimum Gasteiger partial charge on any atom is -0.480 e. The van der Waals surface area contributed by atoms with Crippen LogP contribution in [0.5, 0.6) is 0 Å². The molecule has 1 atom stereocenters. The molecule has 0 fully saturated rings. The SMILES string of the molecule is CC[C@H](NS(=O)(=O)c1ccsc1C(=O)OC)C(=O)O. The Morgan fingerprint density at radius 2 is 2.16 bits per heavy atom. The maximum atomic E-state index is 12.0. The summed E-state index contributed by atoms with van der Waals surface area (Å²) in [6.45, 7) is 1.54. The Morgan fingerprint density at radius 1 is 1.53 bits per heavy atom. The van der Waals surface area contributed by atoms with Crippen LogP contribution in [-0.2, 0) is 19.6 Å². The summed E-state index contributed by atoms with van der Waals surface area (Å²) in [5.41, 5.74) is 0. The van der Waals surface area contributed by atoms with Crippen LogP contribution >= 0.6 is 11.3 Å². The van der Waals surface area contributed by atoms with Crippen LogP contribution in [0.4, 0.5) is 0 Å². The highest BCUT2D eigenvalue weighted by Gasteiger charge is 2.28. The molecule has 1 aromatic heterocycles. The van der Waals surface area contributed by atoms with Gasteiger partial charge in [-0.1, -0.05) is 6.92 Å². The molecule has 7 nitrogen and oxygen atoms in total. The largest absolute Gasteiger partial charge is 0.480 e. The first-order valence-electron chi connectivity index (χ1n) is 5.24. The van der Waals surface area contributed by atoms with E-state index in [1.807, 2.05) is 4.72 Å². The van der Waals surface area contributed by atoms with Crippen LogP contribution in [0.2, 0.25) is 0 Å². The van der Waals surface area contributed by atoms with E-state index < -0.39 is 28.0 Å². The number of nitrogens with one attached hydrogen (secondary N) is 1. The van der Waals surface area contributed by atoms with E-state index in [4.69, 9.17) is 5.11 Å². The van der Waals surface area contributed by atoms with Crippen LogP contribution in [-0.4, -0.2) is 38.6 Å². The van der Waals surface area contributed by atoms with Crippen molar-refractivity contribution in [3.8, 4) is 0 Å². The predicted molar refractivity (Wildman–Crippen MR) is 67.7 cm³/mol. The summed E-state index contributed by atoms with van der Waals surface area (Å²) in [6.07, 6.45) is 0.0895. The second kappa shape index (κ2) is 6.13. The van der Waals surface area contributed by atoms with Gasteiger partial charge in [0.25, 0.3) is 0 Å². The zero-order chi connectivity index (χ0) is 14.6. The molecule has 1 rings (SSSR count). The van der Waals surface area contributed by atoms with Crippen LogP contribution in [0, 0.1) is 0 Å². The van der Waals surface area contributed by atoms with Gasteiger partial charge in [-0.05, 0) is 17.9 Å². The molecule has 0 aliphatic heterocycles. The number of thiophene rings is 1. The van der Waals surface area contributed by atoms with Crippen molar-refractivity contribution < 1.29 is 27.9 Å². The molecule has 106 valence electrons. The molecule has 19 heavy (non-hydrogen) atoms. The fraction of sp³-hybridized carbons (Fsp3) is 0.400. The summed E-state index contributed by atoms with van der Waals surface area (Å²) in [7, 11) is -2.94. The first kappa shape index (κ1) is 15.6. The van der Waals surface area contributed by atoms with Crippen molar-refractivity contribution in [3.05, 3.63) is 16.3 Å². The topological polar surface area (TPSA) is 110 Å². The standard InChI is InChI=1S/C10H13NO6S2/c1-3-6(9(12)13)11-19(15,16)7-4-5-18-8(7)10(14)17-2/h4-6,11H,3H2,1-2H3,(H,12,13)/t6-/m0/s1. The number of rotatable bonds is 6. The van der Waals surface area contributed by atoms with E-state index in [1.165, 1.54) is 18.4 Å². The van der Waals surface area contributed by atoms with Gasteiger partial charge < -0.3 is 9.84 Å². The average Bonchev–Trinajstić information content (AvgIpc) is 2.84. The maximum absolute atomic E-state index is 12.0. The van der Waals surface area contributed by atoms with E-state index in [2.05, 4.69) is 4.74 Å². The summed E-state index contributed by atoms with van der Waals surface area (Å²) in [4.78, 5) is 21.9. The molecule has 1 aromatic rings. The molecule has 0 aliphatic rings. The van der Waals surface area contributed by atoms with E-state index in [9.17, 15) is 18.0 Å². The van der Waals surface area contributed by atoms with Crippen molar-refractivity contribution in [2.45, 2.75) is 24.3 Å². The van der Waals surface area contributed by atoms with Gasteiger partial charge in [-0.25, -0.2) is 13.2 Å². The van der Waals surface area contributed by atoms with Gasteiger partial charge >= 0.3 is 11.9 Å². The van der Waals surface area contributed by atoms with Gasteiger partial charge in [0.1, 0.15) is 15.8 Å². The third kappa shape index (κ3) is 3.52. The number of esters is 1. The lowest BCUT2D eigenvalue weighted by Gasteiger charge is -2.12. The second-order valence-electron chi connectivity index (χ2n) is 3.53. The van der Waals surface area contributed by atoms with Crippen molar-refractivity contribution in [1.29, 1.82) is 0 Å². The highest BCUT2D eigenvalue weighted by Crippen LogP contribution is 2.23. The summed E-state index contributed by atoms with van der Waals surface area (Å²) in [5, 5.41) is 10.3. The quantitative estimate of drug-likeness (QED) is 0.748. The molecule has 0 saturated heterocycles. The monoisotopic (exact) mass is 307 g/mol. The fourth-order valence-electron chi connectivity index (χ4n) is 1.31. The number of carboxylic acids is 1. The predicted octanol–water partition coefficient (Wildman–Crippen LogP) is 0.676. The van der Waals surface area contributed by atoms with E-state index in [0.29, 0.717) is 0 Å². The first-order chi connectivity index (χ1) is 8.83. The van der Waals surface area contributed by atoms with Gasteiger partial charge in [-0.15, -0.1) is 11.3 Å². The van der Waals surface area contributed by atoms with Crippen LogP contribution in [0.1, 0.15) is 23.0 Å². The molecular weight excluding hydrogens is 294 g/mol. The van der Waals surface area contributed by atoms with E-state index in [0.717, 1.165) is 18.4 Å². The van der Waals surface area contributed by atoms with Crippen LogP contribution < -0.4 is 4.72 Å². The van der Waals surface area contributed by atoms with Gasteiger partial charge in [0.05, 0.1) is 7.11 Å². The van der Waals surface area contributed by atoms with Gasteiger partial charge in [-0.2, -0.15) is 4.72 Å². The summed E-state index contributed by atoms with van der Waals surface area (Å²) in [6, 6.07) is -0.0104. The zero-order valence-corrected chi connectivity index (χ0v) is 11.9. The molecule has 0 saturated carbocycles. The van der Waals surface area contributed by atoms with Crippen molar-refractivity contribution in [1.82, 2.24) is 4.72 Å². The summed E-state index contributed by atoms with van der Waals surface area (Å²) >= 11 is 0.911. The van der Waals surface area contributed by atoms with Crippen molar-refractivity contribution in [3.63, 3.8) is 0 Å². The highest BCUT2D eigenvalue weighted by atomic mass is 32.2. The molecular formula is C10H13NO6S2. The van der Waals surface area contributed by atoms with Gasteiger partial charge in [0.2, 0.25) is 10.0 Å². The Hall–Kier alpha value is -1.45. The van der Waals surface area contributed by atoms with Crippen LogP contribution in [0.25, 0.3) is 0 Å². The normalized spacial score (nSPS) is 12.9. The Morgan fingerprint density at radius 3 is 2.63 bits per heavy atom. The lowest BCUT2D eigenvalue weighted by molar-refractivity contribution is -0.139. The number of hydrogen-bond acceptors (Lipinski definition) is 6. The molecule has 2 N–H and O–H groups in total.